The Morgan fingerprint density at radius 3 is 1.46 bits per heavy atom. The summed E-state index contributed by atoms with van der Waals surface area (Å²) >= 11 is 0. The summed E-state index contributed by atoms with van der Waals surface area (Å²) in [4.78, 5) is 0. The monoisotopic (exact) mass is 378 g/mol. The molecule has 26 heavy (non-hydrogen) atoms. The van der Waals surface area contributed by atoms with E-state index in [1.165, 1.54) is 0 Å². The van der Waals surface area contributed by atoms with Crippen LogP contribution < -0.4 is 0 Å². The lowest BCUT2D eigenvalue weighted by Crippen LogP contribution is -2.01. The Morgan fingerprint density at radius 2 is 1.04 bits per heavy atom. The van der Waals surface area contributed by atoms with Gasteiger partial charge < -0.3 is 18.5 Å². The molecule has 0 heterocycles. The molecule has 0 aliphatic rings. The minimum absolute atomic E-state index is 0.372. The van der Waals surface area contributed by atoms with Gasteiger partial charge >= 0.3 is 8.25 Å². The largest absolute Gasteiger partial charge is 0.377 e. The van der Waals surface area contributed by atoms with Crippen molar-refractivity contribution in [2.75, 3.05) is 26.4 Å². The highest BCUT2D eigenvalue weighted by molar-refractivity contribution is 7.33. The molecule has 0 aliphatic carbocycles. The maximum atomic E-state index is 11.6. The van der Waals surface area contributed by atoms with Crippen LogP contribution in [0, 0.1) is 0 Å². The molecule has 142 valence electrons. The van der Waals surface area contributed by atoms with Crippen LogP contribution >= 0.6 is 8.25 Å². The molecule has 0 unspecified atom stereocenters. The first-order chi connectivity index (χ1) is 12.8. The summed E-state index contributed by atoms with van der Waals surface area (Å²) in [5.41, 5.74) is 2.28. The van der Waals surface area contributed by atoms with E-state index in [-0.39, 0.29) is 0 Å². The predicted octanol–water partition coefficient (Wildman–Crippen LogP) is 4.62. The second kappa shape index (κ2) is 13.7. The normalized spacial score (nSPS) is 11.1. The average Bonchev–Trinajstić information content (AvgIpc) is 2.69. The second-order valence-corrected chi connectivity index (χ2v) is 6.81. The first kappa shape index (κ1) is 20.8. The van der Waals surface area contributed by atoms with Crippen molar-refractivity contribution in [3.8, 4) is 0 Å². The third-order valence-electron chi connectivity index (χ3n) is 3.53. The predicted molar refractivity (Wildman–Crippen MR) is 102 cm³/mol. The van der Waals surface area contributed by atoms with Gasteiger partial charge in [-0.1, -0.05) is 60.7 Å². The molecular weight excluding hydrogens is 351 g/mol. The van der Waals surface area contributed by atoms with Gasteiger partial charge in [-0.3, -0.25) is 4.57 Å². The smallest absolute Gasteiger partial charge is 0.319 e. The van der Waals surface area contributed by atoms with Gasteiger partial charge in [0.05, 0.1) is 26.4 Å². The number of benzene rings is 2. The molecule has 0 radical (unpaired) electrons. The van der Waals surface area contributed by atoms with Crippen molar-refractivity contribution in [1.82, 2.24) is 0 Å². The molecule has 0 N–H and O–H groups in total. The van der Waals surface area contributed by atoms with Crippen LogP contribution in [0.4, 0.5) is 0 Å². The van der Waals surface area contributed by atoms with Crippen molar-refractivity contribution in [2.45, 2.75) is 26.1 Å². The number of hydrogen-bond donors (Lipinski definition) is 0. The van der Waals surface area contributed by atoms with Crippen LogP contribution in [0.5, 0.6) is 0 Å². The van der Waals surface area contributed by atoms with E-state index in [9.17, 15) is 4.57 Å². The maximum absolute atomic E-state index is 11.6. The third-order valence-corrected chi connectivity index (χ3v) is 4.41. The third kappa shape index (κ3) is 9.85. The molecule has 0 spiro atoms. The lowest BCUT2D eigenvalue weighted by molar-refractivity contribution is 0.0982. The second-order valence-electron chi connectivity index (χ2n) is 5.73. The Hall–Kier alpha value is -1.49. The van der Waals surface area contributed by atoms with Crippen LogP contribution in [0.1, 0.15) is 24.0 Å². The van der Waals surface area contributed by atoms with E-state index >= 15 is 0 Å². The summed E-state index contributed by atoms with van der Waals surface area (Å²) < 4.78 is 33.0. The summed E-state index contributed by atoms with van der Waals surface area (Å²) in [6.07, 6.45) is 1.37. The standard InChI is InChI=1S/C20H27O5P/c21-26(24-15-7-13-22-17-19-9-3-1-4-10-19)25-16-8-14-23-18-20-11-5-2-6-12-20/h1-6,9-12,26H,7-8,13-18H2. The van der Waals surface area contributed by atoms with Crippen molar-refractivity contribution in [3.63, 3.8) is 0 Å². The topological polar surface area (TPSA) is 54.0 Å². The Balaban J connectivity index is 1.37. The van der Waals surface area contributed by atoms with Crippen LogP contribution in [0.2, 0.25) is 0 Å². The zero-order chi connectivity index (χ0) is 18.3. The van der Waals surface area contributed by atoms with E-state index in [0.717, 1.165) is 11.1 Å². The van der Waals surface area contributed by atoms with Gasteiger partial charge in [-0.15, -0.1) is 0 Å². The van der Waals surface area contributed by atoms with Crippen LogP contribution in [0.3, 0.4) is 0 Å². The molecule has 0 bridgehead atoms. The van der Waals surface area contributed by atoms with Gasteiger partial charge in [-0.25, -0.2) is 0 Å². The summed E-state index contributed by atoms with van der Waals surface area (Å²) in [7, 11) is -2.43. The van der Waals surface area contributed by atoms with Crippen LogP contribution in [0.25, 0.3) is 0 Å². The molecule has 2 aromatic rings. The van der Waals surface area contributed by atoms with Gasteiger partial charge in [-0.2, -0.15) is 0 Å². The van der Waals surface area contributed by atoms with Gasteiger partial charge in [-0.05, 0) is 24.0 Å². The van der Waals surface area contributed by atoms with E-state index in [0.29, 0.717) is 52.5 Å². The Morgan fingerprint density at radius 1 is 0.615 bits per heavy atom. The van der Waals surface area contributed by atoms with E-state index in [2.05, 4.69) is 0 Å². The van der Waals surface area contributed by atoms with Gasteiger partial charge in [0, 0.05) is 13.2 Å². The summed E-state index contributed by atoms with van der Waals surface area (Å²) in [6, 6.07) is 20.0. The summed E-state index contributed by atoms with van der Waals surface area (Å²) in [5.74, 6) is 0. The molecule has 0 atom stereocenters. The highest BCUT2D eigenvalue weighted by atomic mass is 31.1. The van der Waals surface area contributed by atoms with Gasteiger partial charge in [0.1, 0.15) is 0 Å². The Bertz CT molecular complexity index is 553. The first-order valence-electron chi connectivity index (χ1n) is 8.87. The lowest BCUT2D eigenvalue weighted by Gasteiger charge is -2.07. The molecule has 0 saturated carbocycles. The lowest BCUT2D eigenvalue weighted by atomic mass is 10.2. The van der Waals surface area contributed by atoms with Crippen molar-refractivity contribution in [1.29, 1.82) is 0 Å². The van der Waals surface area contributed by atoms with E-state index in [1.54, 1.807) is 0 Å². The minimum atomic E-state index is -2.43. The molecule has 2 aromatic carbocycles. The van der Waals surface area contributed by atoms with Crippen molar-refractivity contribution in [2.24, 2.45) is 0 Å². The van der Waals surface area contributed by atoms with Crippen LogP contribution in [-0.2, 0) is 36.3 Å². The quantitative estimate of drug-likeness (QED) is 0.355. The van der Waals surface area contributed by atoms with Gasteiger partial charge in [0.25, 0.3) is 0 Å². The Kier molecular flexibility index (Phi) is 11.0. The number of ether oxygens (including phenoxy) is 2. The average molecular weight is 378 g/mol. The maximum Gasteiger partial charge on any atom is 0.319 e. The molecule has 0 aromatic heterocycles. The zero-order valence-electron chi connectivity index (χ0n) is 15.0. The fourth-order valence-electron chi connectivity index (χ4n) is 2.20. The fraction of sp³-hybridized carbons (Fsp3) is 0.400. The SMILES string of the molecule is O=[PH](OCCCOCc1ccccc1)OCCCOCc1ccccc1. The fourth-order valence-corrected chi connectivity index (χ4v) is 2.91. The van der Waals surface area contributed by atoms with Crippen molar-refractivity contribution in [3.05, 3.63) is 71.8 Å². The summed E-state index contributed by atoms with van der Waals surface area (Å²) in [5, 5.41) is 0. The summed E-state index contributed by atoms with van der Waals surface area (Å²) in [6.45, 7) is 3.04. The van der Waals surface area contributed by atoms with Gasteiger partial charge in [0.15, 0.2) is 0 Å². The van der Waals surface area contributed by atoms with Crippen LogP contribution in [0.15, 0.2) is 60.7 Å². The van der Waals surface area contributed by atoms with Crippen molar-refractivity contribution < 1.29 is 23.1 Å². The first-order valence-corrected chi connectivity index (χ1v) is 10.1. The molecule has 6 heteroatoms. The molecule has 2 rings (SSSR count). The van der Waals surface area contributed by atoms with E-state index in [1.807, 2.05) is 60.7 Å². The van der Waals surface area contributed by atoms with Gasteiger partial charge in [0.2, 0.25) is 0 Å². The van der Waals surface area contributed by atoms with E-state index in [4.69, 9.17) is 18.5 Å². The molecule has 0 fully saturated rings. The van der Waals surface area contributed by atoms with Crippen molar-refractivity contribution >= 4 is 8.25 Å². The highest BCUT2D eigenvalue weighted by Gasteiger charge is 2.00. The zero-order valence-corrected chi connectivity index (χ0v) is 16.0. The number of hydrogen-bond acceptors (Lipinski definition) is 5. The molecule has 0 amide bonds. The minimum Gasteiger partial charge on any atom is -0.377 e. The number of rotatable bonds is 14. The Labute approximate surface area is 156 Å². The molecule has 5 nitrogen and oxygen atoms in total. The van der Waals surface area contributed by atoms with Crippen LogP contribution in [-0.4, -0.2) is 26.4 Å². The highest BCUT2D eigenvalue weighted by Crippen LogP contribution is 2.23. The molecule has 0 saturated heterocycles. The van der Waals surface area contributed by atoms with E-state index < -0.39 is 8.25 Å². The molecule has 0 aliphatic heterocycles. The molecular formula is C20H27O5P.